The van der Waals surface area contributed by atoms with Gasteiger partial charge >= 0.3 is 0 Å². The topological polar surface area (TPSA) is 30.7 Å². The van der Waals surface area contributed by atoms with Crippen molar-refractivity contribution in [2.75, 3.05) is 0 Å². The van der Waals surface area contributed by atoms with Crippen molar-refractivity contribution in [1.29, 1.82) is 0 Å². The van der Waals surface area contributed by atoms with Gasteiger partial charge in [0.2, 0.25) is 5.95 Å². The van der Waals surface area contributed by atoms with E-state index < -0.39 is 0 Å². The minimum atomic E-state index is 0.699. The first-order valence-corrected chi connectivity index (χ1v) is 12.2. The summed E-state index contributed by atoms with van der Waals surface area (Å²) < 4.78 is 2.18. The summed E-state index contributed by atoms with van der Waals surface area (Å²) in [4.78, 5) is 10.1. The SMILES string of the molecule is c1ccc(-c2ccc(-c3nc(-n4c5ccccc5c5ccccc54)nc4cscc34)cc2)cc1. The molecule has 7 aromatic rings. The van der Waals surface area contributed by atoms with Crippen LogP contribution in [0.15, 0.2) is 114 Å². The van der Waals surface area contributed by atoms with Crippen LogP contribution in [-0.2, 0) is 0 Å². The van der Waals surface area contributed by atoms with Crippen LogP contribution in [0.4, 0.5) is 0 Å². The highest BCUT2D eigenvalue weighted by Crippen LogP contribution is 2.34. The molecule has 0 N–H and O–H groups in total. The lowest BCUT2D eigenvalue weighted by atomic mass is 10.0. The molecule has 0 bridgehead atoms. The Kier molecular flexibility index (Phi) is 4.32. The molecule has 0 saturated carbocycles. The zero-order valence-corrected chi connectivity index (χ0v) is 19.0. The summed E-state index contributed by atoms with van der Waals surface area (Å²) in [6.07, 6.45) is 0. The summed E-state index contributed by atoms with van der Waals surface area (Å²) in [6.45, 7) is 0. The zero-order valence-electron chi connectivity index (χ0n) is 18.2. The molecule has 7 rings (SSSR count). The number of para-hydroxylation sites is 2. The normalized spacial score (nSPS) is 11.5. The minimum absolute atomic E-state index is 0.699. The molecule has 0 unspecified atom stereocenters. The number of nitrogens with zero attached hydrogens (tertiary/aromatic N) is 3. The second kappa shape index (κ2) is 7.65. The van der Waals surface area contributed by atoms with Gasteiger partial charge in [-0.25, -0.2) is 9.97 Å². The van der Waals surface area contributed by atoms with E-state index in [-0.39, 0.29) is 0 Å². The molecule has 0 fully saturated rings. The zero-order chi connectivity index (χ0) is 22.5. The standard InChI is InChI=1S/C30H19N3S/c1-2-8-20(9-3-1)21-14-16-22(17-15-21)29-25-18-34-19-26(25)31-30(32-29)33-27-12-6-4-10-23(27)24-11-5-7-13-28(24)33/h1-19H. The van der Waals surface area contributed by atoms with E-state index in [4.69, 9.17) is 9.97 Å². The van der Waals surface area contributed by atoms with E-state index in [0.717, 1.165) is 33.2 Å². The fourth-order valence-electron chi connectivity index (χ4n) is 4.76. The predicted octanol–water partition coefficient (Wildman–Crippen LogP) is 8.12. The maximum atomic E-state index is 5.15. The maximum Gasteiger partial charge on any atom is 0.235 e. The molecule has 3 heterocycles. The van der Waals surface area contributed by atoms with Gasteiger partial charge in [-0.1, -0.05) is 91.0 Å². The lowest BCUT2D eigenvalue weighted by Gasteiger charge is -2.10. The number of hydrogen-bond donors (Lipinski definition) is 0. The predicted molar refractivity (Wildman–Crippen MR) is 143 cm³/mol. The second-order valence-electron chi connectivity index (χ2n) is 8.36. The van der Waals surface area contributed by atoms with Crippen LogP contribution in [0, 0.1) is 0 Å². The highest BCUT2D eigenvalue weighted by atomic mass is 32.1. The van der Waals surface area contributed by atoms with Gasteiger partial charge in [-0.05, 0) is 23.3 Å². The molecule has 34 heavy (non-hydrogen) atoms. The quantitative estimate of drug-likeness (QED) is 0.270. The largest absolute Gasteiger partial charge is 0.278 e. The monoisotopic (exact) mass is 453 g/mol. The van der Waals surface area contributed by atoms with E-state index in [1.54, 1.807) is 11.3 Å². The molecule has 0 aliphatic heterocycles. The van der Waals surface area contributed by atoms with E-state index in [2.05, 4.69) is 112 Å². The molecule has 4 heteroatoms. The van der Waals surface area contributed by atoms with Gasteiger partial charge in [0.15, 0.2) is 0 Å². The fourth-order valence-corrected chi connectivity index (χ4v) is 5.50. The van der Waals surface area contributed by atoms with Crippen LogP contribution in [0.2, 0.25) is 0 Å². The van der Waals surface area contributed by atoms with Gasteiger partial charge in [-0.15, -0.1) is 11.3 Å². The molecule has 0 atom stereocenters. The molecule has 160 valence electrons. The third-order valence-electron chi connectivity index (χ3n) is 6.37. The molecule has 3 nitrogen and oxygen atoms in total. The molecule has 0 amide bonds. The van der Waals surface area contributed by atoms with Crippen LogP contribution >= 0.6 is 11.3 Å². The van der Waals surface area contributed by atoms with Crippen molar-refractivity contribution in [1.82, 2.24) is 14.5 Å². The molecule has 3 aromatic heterocycles. The summed E-state index contributed by atoms with van der Waals surface area (Å²) in [5.41, 5.74) is 7.66. The summed E-state index contributed by atoms with van der Waals surface area (Å²) in [6, 6.07) is 36.1. The first-order valence-electron chi connectivity index (χ1n) is 11.3. The van der Waals surface area contributed by atoms with Crippen molar-refractivity contribution < 1.29 is 0 Å². The average molecular weight is 454 g/mol. The summed E-state index contributed by atoms with van der Waals surface area (Å²) in [5, 5.41) is 7.76. The number of rotatable bonds is 3. The van der Waals surface area contributed by atoms with Gasteiger partial charge < -0.3 is 0 Å². The number of aromatic nitrogens is 3. The van der Waals surface area contributed by atoms with Crippen LogP contribution in [0.1, 0.15) is 0 Å². The Morgan fingerprint density at radius 3 is 1.79 bits per heavy atom. The van der Waals surface area contributed by atoms with E-state index in [1.165, 1.54) is 21.9 Å². The van der Waals surface area contributed by atoms with Crippen molar-refractivity contribution in [2.24, 2.45) is 0 Å². The number of benzene rings is 4. The Bertz CT molecular complexity index is 1740. The smallest absolute Gasteiger partial charge is 0.235 e. The molecule has 0 aliphatic carbocycles. The first-order chi connectivity index (χ1) is 16.9. The third kappa shape index (κ3) is 2.96. The summed E-state index contributed by atoms with van der Waals surface area (Å²) in [7, 11) is 0. The minimum Gasteiger partial charge on any atom is -0.278 e. The Hall–Kier alpha value is -4.28. The fraction of sp³-hybridized carbons (Fsp3) is 0. The number of fused-ring (bicyclic) bond motifs is 4. The van der Waals surface area contributed by atoms with Gasteiger partial charge in [-0.3, -0.25) is 4.57 Å². The molecule has 0 aliphatic rings. The van der Waals surface area contributed by atoms with Crippen LogP contribution < -0.4 is 0 Å². The van der Waals surface area contributed by atoms with Gasteiger partial charge in [0.25, 0.3) is 0 Å². The van der Waals surface area contributed by atoms with E-state index >= 15 is 0 Å². The van der Waals surface area contributed by atoms with Gasteiger partial charge in [0.05, 0.1) is 22.2 Å². The van der Waals surface area contributed by atoms with Crippen LogP contribution in [0.3, 0.4) is 0 Å². The highest BCUT2D eigenvalue weighted by molar-refractivity contribution is 7.09. The summed E-state index contributed by atoms with van der Waals surface area (Å²) in [5.74, 6) is 0.699. The number of thiophene rings is 1. The third-order valence-corrected chi connectivity index (χ3v) is 7.11. The van der Waals surface area contributed by atoms with Crippen LogP contribution in [0.25, 0.3) is 61.0 Å². The van der Waals surface area contributed by atoms with Gasteiger partial charge in [0, 0.05) is 32.5 Å². The molecule has 4 aromatic carbocycles. The Morgan fingerprint density at radius 2 is 1.09 bits per heavy atom. The second-order valence-corrected chi connectivity index (χ2v) is 9.10. The lowest BCUT2D eigenvalue weighted by molar-refractivity contribution is 1.01. The van der Waals surface area contributed by atoms with Crippen molar-refractivity contribution in [3.63, 3.8) is 0 Å². The van der Waals surface area contributed by atoms with Crippen molar-refractivity contribution >= 4 is 44.0 Å². The van der Waals surface area contributed by atoms with Crippen LogP contribution in [0.5, 0.6) is 0 Å². The van der Waals surface area contributed by atoms with E-state index in [9.17, 15) is 0 Å². The molecular formula is C30H19N3S. The highest BCUT2D eigenvalue weighted by Gasteiger charge is 2.17. The Balaban J connectivity index is 1.46. The van der Waals surface area contributed by atoms with Crippen molar-refractivity contribution in [3.05, 3.63) is 114 Å². The molecule has 0 spiro atoms. The number of hydrogen-bond acceptors (Lipinski definition) is 3. The Morgan fingerprint density at radius 1 is 0.500 bits per heavy atom. The Labute approximate surface area is 200 Å². The van der Waals surface area contributed by atoms with Crippen LogP contribution in [-0.4, -0.2) is 14.5 Å². The van der Waals surface area contributed by atoms with Gasteiger partial charge in [0.1, 0.15) is 0 Å². The van der Waals surface area contributed by atoms with Gasteiger partial charge in [-0.2, -0.15) is 0 Å². The van der Waals surface area contributed by atoms with E-state index in [1.807, 2.05) is 6.07 Å². The molecule has 0 saturated heterocycles. The first kappa shape index (κ1) is 19.2. The average Bonchev–Trinajstić information content (AvgIpc) is 3.51. The van der Waals surface area contributed by atoms with E-state index in [0.29, 0.717) is 5.95 Å². The molecule has 0 radical (unpaired) electrons. The van der Waals surface area contributed by atoms with Crippen molar-refractivity contribution in [3.8, 4) is 28.3 Å². The molecular weight excluding hydrogens is 434 g/mol. The summed E-state index contributed by atoms with van der Waals surface area (Å²) >= 11 is 1.66. The van der Waals surface area contributed by atoms with Crippen molar-refractivity contribution in [2.45, 2.75) is 0 Å². The maximum absolute atomic E-state index is 5.15. The lowest BCUT2D eigenvalue weighted by Crippen LogP contribution is -2.02.